The lowest BCUT2D eigenvalue weighted by Crippen LogP contribution is -2.50. The van der Waals surface area contributed by atoms with Gasteiger partial charge in [-0.15, -0.1) is 0 Å². The summed E-state index contributed by atoms with van der Waals surface area (Å²) in [4.78, 5) is 55.5. The molecule has 4 N–H and O–H groups in total. The van der Waals surface area contributed by atoms with Crippen LogP contribution in [0.25, 0.3) is 0 Å². The molecule has 0 radical (unpaired) electrons. The van der Waals surface area contributed by atoms with Crippen LogP contribution in [-0.2, 0) is 24.0 Å². The predicted octanol–water partition coefficient (Wildman–Crippen LogP) is -1.58. The van der Waals surface area contributed by atoms with Gasteiger partial charge in [-0.05, 0) is 6.42 Å². The van der Waals surface area contributed by atoms with E-state index in [1.807, 2.05) is 0 Å². The summed E-state index contributed by atoms with van der Waals surface area (Å²) in [7, 11) is 0. The molecule has 9 nitrogen and oxygen atoms in total. The lowest BCUT2D eigenvalue weighted by Gasteiger charge is -2.18. The number of carboxylic acid groups (broad SMARTS) is 1. The molecule has 0 saturated heterocycles. The first-order chi connectivity index (χ1) is 10.3. The van der Waals surface area contributed by atoms with E-state index in [-0.39, 0.29) is 37.6 Å². The fourth-order valence-corrected chi connectivity index (χ4v) is 1.42. The van der Waals surface area contributed by atoms with Gasteiger partial charge in [0, 0.05) is 12.3 Å². The smallest absolute Gasteiger partial charge is 0.303 e. The first-order valence-corrected chi connectivity index (χ1v) is 6.76. The van der Waals surface area contributed by atoms with Crippen molar-refractivity contribution >= 4 is 30.0 Å². The molecule has 22 heavy (non-hydrogen) atoms. The van der Waals surface area contributed by atoms with Gasteiger partial charge in [0.2, 0.25) is 18.2 Å². The minimum Gasteiger partial charge on any atom is -0.481 e. The van der Waals surface area contributed by atoms with Crippen molar-refractivity contribution < 1.29 is 29.1 Å². The second kappa shape index (κ2) is 10.3. The third-order valence-corrected chi connectivity index (χ3v) is 2.73. The Balaban J connectivity index is 4.57. The summed E-state index contributed by atoms with van der Waals surface area (Å²) in [6.07, 6.45) is -0.116. The fourth-order valence-electron chi connectivity index (χ4n) is 1.42. The molecule has 0 rings (SSSR count). The van der Waals surface area contributed by atoms with Gasteiger partial charge in [-0.1, -0.05) is 13.8 Å². The van der Waals surface area contributed by atoms with Crippen LogP contribution in [0.2, 0.25) is 0 Å². The van der Waals surface area contributed by atoms with Gasteiger partial charge in [-0.25, -0.2) is 0 Å². The maximum Gasteiger partial charge on any atom is 0.303 e. The molecule has 124 valence electrons. The molecule has 9 heteroatoms. The number of aliphatic carboxylic acids is 1. The van der Waals surface area contributed by atoms with Crippen molar-refractivity contribution in [2.75, 3.05) is 13.1 Å². The van der Waals surface area contributed by atoms with Gasteiger partial charge in [0.25, 0.3) is 0 Å². The fraction of sp³-hybridized carbons (Fsp3) is 0.615. The maximum atomic E-state index is 11.9. The first kappa shape index (κ1) is 19.6. The number of carboxylic acids is 1. The predicted molar refractivity (Wildman–Crippen MR) is 75.7 cm³/mol. The molecule has 3 amide bonds. The summed E-state index contributed by atoms with van der Waals surface area (Å²) in [5.74, 6) is -2.82. The number of carbonyl (C=O) groups is 5. The Labute approximate surface area is 127 Å². The molecule has 0 saturated carbocycles. The molecule has 0 aliphatic heterocycles. The number of carbonyl (C=O) groups excluding carboxylic acids is 4. The van der Waals surface area contributed by atoms with Crippen LogP contribution in [0.15, 0.2) is 0 Å². The zero-order chi connectivity index (χ0) is 17.1. The topological polar surface area (TPSA) is 142 Å². The minimum absolute atomic E-state index is 0.121. The Morgan fingerprint density at radius 3 is 2.27 bits per heavy atom. The standard InChI is InChI=1S/C13H21N3O6/c1-8(2)10(18)5-15-13(22)9(3-4-12(20)21)16-11(19)6-14-7-17/h7-9H,3-6H2,1-2H3,(H,14,17)(H,15,22)(H,16,19)(H,20,21). The first-order valence-electron chi connectivity index (χ1n) is 6.76. The summed E-state index contributed by atoms with van der Waals surface area (Å²) < 4.78 is 0. The Morgan fingerprint density at radius 1 is 1.14 bits per heavy atom. The van der Waals surface area contributed by atoms with Gasteiger partial charge in [-0.3, -0.25) is 24.0 Å². The highest BCUT2D eigenvalue weighted by Gasteiger charge is 2.22. The number of ketones is 1. The monoisotopic (exact) mass is 315 g/mol. The van der Waals surface area contributed by atoms with Crippen LogP contribution in [0.5, 0.6) is 0 Å². The average molecular weight is 315 g/mol. The highest BCUT2D eigenvalue weighted by atomic mass is 16.4. The lowest BCUT2D eigenvalue weighted by molar-refractivity contribution is -0.138. The number of nitrogens with one attached hydrogen (secondary N) is 3. The molecule has 0 aromatic rings. The van der Waals surface area contributed by atoms with Crippen molar-refractivity contribution in [3.05, 3.63) is 0 Å². The normalized spacial score (nSPS) is 11.4. The highest BCUT2D eigenvalue weighted by Crippen LogP contribution is 1.99. The number of Topliss-reactive ketones (excluding diaryl/α,β-unsaturated/α-hetero) is 1. The zero-order valence-corrected chi connectivity index (χ0v) is 12.5. The van der Waals surface area contributed by atoms with Gasteiger partial charge < -0.3 is 21.1 Å². The third-order valence-electron chi connectivity index (χ3n) is 2.73. The van der Waals surface area contributed by atoms with Crippen molar-refractivity contribution in [1.29, 1.82) is 0 Å². The van der Waals surface area contributed by atoms with E-state index in [1.165, 1.54) is 0 Å². The van der Waals surface area contributed by atoms with E-state index in [9.17, 15) is 24.0 Å². The molecule has 0 aliphatic carbocycles. The van der Waals surface area contributed by atoms with E-state index in [0.29, 0.717) is 6.41 Å². The molecule has 0 bridgehead atoms. The molecule has 1 atom stereocenters. The Kier molecular flexibility index (Phi) is 9.15. The summed E-state index contributed by atoms with van der Waals surface area (Å²) >= 11 is 0. The van der Waals surface area contributed by atoms with Crippen molar-refractivity contribution in [2.24, 2.45) is 5.92 Å². The summed E-state index contributed by atoms with van der Waals surface area (Å²) in [5, 5.41) is 15.5. The molecule has 1 unspecified atom stereocenters. The second-order valence-electron chi connectivity index (χ2n) is 4.89. The van der Waals surface area contributed by atoms with Crippen molar-refractivity contribution in [3.63, 3.8) is 0 Å². The van der Waals surface area contributed by atoms with Gasteiger partial charge in [0.1, 0.15) is 6.04 Å². The average Bonchev–Trinajstić information content (AvgIpc) is 2.45. The minimum atomic E-state index is -1.11. The van der Waals surface area contributed by atoms with E-state index < -0.39 is 23.8 Å². The molecular formula is C13H21N3O6. The van der Waals surface area contributed by atoms with Gasteiger partial charge in [-0.2, -0.15) is 0 Å². The van der Waals surface area contributed by atoms with Gasteiger partial charge >= 0.3 is 5.97 Å². The van der Waals surface area contributed by atoms with Gasteiger partial charge in [0.05, 0.1) is 13.1 Å². The highest BCUT2D eigenvalue weighted by molar-refractivity contribution is 5.92. The van der Waals surface area contributed by atoms with Crippen molar-refractivity contribution in [2.45, 2.75) is 32.7 Å². The van der Waals surface area contributed by atoms with Gasteiger partial charge in [0.15, 0.2) is 5.78 Å². The van der Waals surface area contributed by atoms with Crippen LogP contribution in [0.3, 0.4) is 0 Å². The third kappa shape index (κ3) is 8.67. The van der Waals surface area contributed by atoms with Crippen LogP contribution in [0, 0.1) is 5.92 Å². The van der Waals surface area contributed by atoms with Crippen LogP contribution in [0.1, 0.15) is 26.7 Å². The summed E-state index contributed by atoms with van der Waals surface area (Å²) in [6.45, 7) is 2.85. The molecule has 0 aliphatic rings. The van der Waals surface area contributed by atoms with Crippen LogP contribution < -0.4 is 16.0 Å². The zero-order valence-electron chi connectivity index (χ0n) is 12.5. The number of amides is 3. The molecule has 0 spiro atoms. The molecule has 0 aromatic carbocycles. The van der Waals surface area contributed by atoms with E-state index >= 15 is 0 Å². The molecule has 0 aromatic heterocycles. The van der Waals surface area contributed by atoms with E-state index in [2.05, 4.69) is 16.0 Å². The number of hydrogen-bond acceptors (Lipinski definition) is 5. The maximum absolute atomic E-state index is 11.9. The molecule has 0 heterocycles. The molecular weight excluding hydrogens is 294 g/mol. The summed E-state index contributed by atoms with van der Waals surface area (Å²) in [6, 6.07) is -1.09. The van der Waals surface area contributed by atoms with E-state index in [1.54, 1.807) is 13.8 Å². The van der Waals surface area contributed by atoms with E-state index in [4.69, 9.17) is 5.11 Å². The quantitative estimate of drug-likeness (QED) is 0.339. The second-order valence-corrected chi connectivity index (χ2v) is 4.89. The van der Waals surface area contributed by atoms with E-state index in [0.717, 1.165) is 0 Å². The van der Waals surface area contributed by atoms with Crippen LogP contribution >= 0.6 is 0 Å². The largest absolute Gasteiger partial charge is 0.481 e. The van der Waals surface area contributed by atoms with Crippen molar-refractivity contribution in [3.8, 4) is 0 Å². The lowest BCUT2D eigenvalue weighted by atomic mass is 10.1. The number of hydrogen-bond donors (Lipinski definition) is 4. The SMILES string of the molecule is CC(C)C(=O)CNC(=O)C(CCC(=O)O)NC(=O)CNC=O. The summed E-state index contributed by atoms with van der Waals surface area (Å²) in [5.41, 5.74) is 0. The van der Waals surface area contributed by atoms with Crippen molar-refractivity contribution in [1.82, 2.24) is 16.0 Å². The number of rotatable bonds is 11. The Hall–Kier alpha value is -2.45. The molecule has 0 fully saturated rings. The van der Waals surface area contributed by atoms with Crippen LogP contribution in [-0.4, -0.2) is 54.2 Å². The Morgan fingerprint density at radius 2 is 1.77 bits per heavy atom. The van der Waals surface area contributed by atoms with Crippen LogP contribution in [0.4, 0.5) is 0 Å². The Bertz CT molecular complexity index is 435.